The minimum atomic E-state index is 0.00204. The fraction of sp³-hybridized carbons (Fsp3) is 0.154. The summed E-state index contributed by atoms with van der Waals surface area (Å²) in [6, 6.07) is 7.04. The summed E-state index contributed by atoms with van der Waals surface area (Å²) in [4.78, 5) is 0. The summed E-state index contributed by atoms with van der Waals surface area (Å²) >= 11 is 7.57. The molecule has 0 saturated carbocycles. The van der Waals surface area contributed by atoms with Gasteiger partial charge in [0.1, 0.15) is 5.75 Å². The Labute approximate surface area is 120 Å². The van der Waals surface area contributed by atoms with E-state index in [0.717, 1.165) is 6.42 Å². The van der Waals surface area contributed by atoms with Gasteiger partial charge >= 0.3 is 0 Å². The Balaban J connectivity index is 2.08. The highest BCUT2D eigenvalue weighted by Gasteiger charge is 2.09. The molecule has 2 rings (SSSR count). The van der Waals surface area contributed by atoms with Crippen LogP contribution in [0.25, 0.3) is 0 Å². The van der Waals surface area contributed by atoms with Crippen molar-refractivity contribution in [3.05, 3.63) is 51.2 Å². The Hall–Kier alpha value is -1.72. The summed E-state index contributed by atoms with van der Waals surface area (Å²) in [6.07, 6.45) is 0.797. The predicted molar refractivity (Wildman–Crippen MR) is 77.5 cm³/mol. The van der Waals surface area contributed by atoms with E-state index >= 15 is 0 Å². The van der Waals surface area contributed by atoms with Gasteiger partial charge in [-0.1, -0.05) is 16.8 Å². The van der Waals surface area contributed by atoms with Crippen LogP contribution in [0.4, 0.5) is 0 Å². The van der Waals surface area contributed by atoms with Crippen LogP contribution in [0.5, 0.6) is 5.75 Å². The third kappa shape index (κ3) is 3.62. The molecule has 1 aromatic carbocycles. The lowest BCUT2D eigenvalue weighted by molar-refractivity contribution is 0.313. The molecule has 100 valence electrons. The number of hydrogen-bond donors (Lipinski definition) is 2. The molecule has 2 aromatic rings. The second-order valence-electron chi connectivity index (χ2n) is 3.86. The van der Waals surface area contributed by atoms with Crippen molar-refractivity contribution < 1.29 is 9.94 Å². The van der Waals surface area contributed by atoms with Crippen molar-refractivity contribution in [3.8, 4) is 5.75 Å². The molecule has 0 atom stereocenters. The molecule has 0 spiro atoms. The van der Waals surface area contributed by atoms with E-state index in [-0.39, 0.29) is 5.84 Å². The lowest BCUT2D eigenvalue weighted by Crippen LogP contribution is -2.15. The topological polar surface area (TPSA) is 67.8 Å². The summed E-state index contributed by atoms with van der Waals surface area (Å²) in [7, 11) is 0. The molecule has 4 nitrogen and oxygen atoms in total. The van der Waals surface area contributed by atoms with E-state index in [0.29, 0.717) is 22.9 Å². The molecule has 19 heavy (non-hydrogen) atoms. The Morgan fingerprint density at radius 1 is 1.42 bits per heavy atom. The monoisotopic (exact) mass is 296 g/mol. The molecule has 1 aromatic heterocycles. The first-order valence-electron chi connectivity index (χ1n) is 5.62. The fourth-order valence-electron chi connectivity index (χ4n) is 1.59. The fourth-order valence-corrected chi connectivity index (χ4v) is 2.46. The molecule has 0 unspecified atom stereocenters. The van der Waals surface area contributed by atoms with E-state index in [1.807, 2.05) is 5.38 Å². The van der Waals surface area contributed by atoms with Crippen molar-refractivity contribution in [3.63, 3.8) is 0 Å². The first kappa shape index (κ1) is 13.7. The van der Waals surface area contributed by atoms with E-state index in [9.17, 15) is 0 Å². The normalized spacial score (nSPS) is 11.5. The van der Waals surface area contributed by atoms with E-state index in [1.165, 1.54) is 5.56 Å². The standard InChI is InChI=1S/C13H13ClN2O2S/c14-10-1-2-11(13(15)16-17)12(7-10)18-5-3-9-4-6-19-8-9/h1-2,4,6-8,17H,3,5H2,(H2,15,16). The number of hydrogen-bond acceptors (Lipinski definition) is 4. The number of halogens is 1. The largest absolute Gasteiger partial charge is 0.492 e. The summed E-state index contributed by atoms with van der Waals surface area (Å²) in [5.41, 5.74) is 7.34. The molecular formula is C13H13ClN2O2S. The maximum Gasteiger partial charge on any atom is 0.173 e. The highest BCUT2D eigenvalue weighted by Crippen LogP contribution is 2.23. The molecule has 6 heteroatoms. The van der Waals surface area contributed by atoms with Gasteiger partial charge in [0.05, 0.1) is 12.2 Å². The number of nitrogens with two attached hydrogens (primary N) is 1. The molecule has 0 fully saturated rings. The molecule has 0 bridgehead atoms. The quantitative estimate of drug-likeness (QED) is 0.385. The van der Waals surface area contributed by atoms with Crippen LogP contribution in [0.15, 0.2) is 40.2 Å². The number of nitrogens with zero attached hydrogens (tertiary/aromatic N) is 1. The van der Waals surface area contributed by atoms with Gasteiger partial charge in [-0.3, -0.25) is 0 Å². The molecule has 0 aliphatic carbocycles. The number of ether oxygens (including phenoxy) is 1. The third-order valence-electron chi connectivity index (χ3n) is 2.56. The van der Waals surface area contributed by atoms with Gasteiger partial charge in [-0.05, 0) is 40.6 Å². The van der Waals surface area contributed by atoms with Gasteiger partial charge in [-0.2, -0.15) is 11.3 Å². The maximum absolute atomic E-state index is 8.73. The summed E-state index contributed by atoms with van der Waals surface area (Å²) in [5, 5.41) is 16.4. The average molecular weight is 297 g/mol. The highest BCUT2D eigenvalue weighted by atomic mass is 35.5. The van der Waals surface area contributed by atoms with Crippen molar-refractivity contribution in [2.45, 2.75) is 6.42 Å². The zero-order valence-corrected chi connectivity index (χ0v) is 11.6. The van der Waals surface area contributed by atoms with Crippen molar-refractivity contribution in [2.75, 3.05) is 6.61 Å². The van der Waals surface area contributed by atoms with E-state index < -0.39 is 0 Å². The lowest BCUT2D eigenvalue weighted by Gasteiger charge is -2.10. The van der Waals surface area contributed by atoms with Crippen LogP contribution in [0.2, 0.25) is 5.02 Å². The Bertz CT molecular complexity index is 570. The van der Waals surface area contributed by atoms with Crippen LogP contribution < -0.4 is 10.5 Å². The van der Waals surface area contributed by atoms with E-state index in [1.54, 1.807) is 29.5 Å². The number of benzene rings is 1. The maximum atomic E-state index is 8.73. The minimum Gasteiger partial charge on any atom is -0.492 e. The van der Waals surface area contributed by atoms with Crippen molar-refractivity contribution in [1.29, 1.82) is 0 Å². The van der Waals surface area contributed by atoms with Gasteiger partial charge in [0.2, 0.25) is 0 Å². The Morgan fingerprint density at radius 3 is 2.95 bits per heavy atom. The molecule has 0 saturated heterocycles. The second-order valence-corrected chi connectivity index (χ2v) is 5.07. The van der Waals surface area contributed by atoms with Gasteiger partial charge in [-0.15, -0.1) is 0 Å². The molecular weight excluding hydrogens is 284 g/mol. The predicted octanol–water partition coefficient (Wildman–Crippen LogP) is 3.12. The average Bonchev–Trinajstić information content (AvgIpc) is 2.91. The lowest BCUT2D eigenvalue weighted by atomic mass is 10.2. The zero-order valence-electron chi connectivity index (χ0n) is 10.0. The van der Waals surface area contributed by atoms with Gasteiger partial charge in [-0.25, -0.2) is 0 Å². The zero-order chi connectivity index (χ0) is 13.7. The number of rotatable bonds is 5. The summed E-state index contributed by atoms with van der Waals surface area (Å²) in [6.45, 7) is 0.503. The van der Waals surface area contributed by atoms with Crippen molar-refractivity contribution in [1.82, 2.24) is 0 Å². The first-order chi connectivity index (χ1) is 9.20. The molecule has 1 heterocycles. The van der Waals surface area contributed by atoms with E-state index in [4.69, 9.17) is 27.3 Å². The highest BCUT2D eigenvalue weighted by molar-refractivity contribution is 7.07. The second kappa shape index (κ2) is 6.45. The van der Waals surface area contributed by atoms with Crippen molar-refractivity contribution >= 4 is 28.8 Å². The first-order valence-corrected chi connectivity index (χ1v) is 6.94. The molecule has 3 N–H and O–H groups in total. The Morgan fingerprint density at radius 2 is 2.26 bits per heavy atom. The summed E-state index contributed by atoms with van der Waals surface area (Å²) < 4.78 is 5.66. The van der Waals surface area contributed by atoms with E-state index in [2.05, 4.69) is 16.6 Å². The van der Waals surface area contributed by atoms with Crippen molar-refractivity contribution in [2.24, 2.45) is 10.9 Å². The molecule has 0 aliphatic rings. The SMILES string of the molecule is N/C(=N/O)c1ccc(Cl)cc1OCCc1ccsc1. The van der Waals surface area contributed by atoms with Gasteiger partial charge in [0.15, 0.2) is 5.84 Å². The molecule has 0 aliphatic heterocycles. The minimum absolute atomic E-state index is 0.00204. The molecule has 0 radical (unpaired) electrons. The number of oxime groups is 1. The third-order valence-corrected chi connectivity index (χ3v) is 3.52. The van der Waals surface area contributed by atoms with Gasteiger partial charge < -0.3 is 15.7 Å². The Kier molecular flexibility index (Phi) is 4.65. The smallest absolute Gasteiger partial charge is 0.173 e. The van der Waals surface area contributed by atoms with Crippen LogP contribution >= 0.6 is 22.9 Å². The number of amidine groups is 1. The van der Waals surface area contributed by atoms with Gasteiger partial charge in [0, 0.05) is 11.4 Å². The van der Waals surface area contributed by atoms with Crippen LogP contribution in [-0.2, 0) is 6.42 Å². The van der Waals surface area contributed by atoms with Crippen LogP contribution in [0.1, 0.15) is 11.1 Å². The van der Waals surface area contributed by atoms with Gasteiger partial charge in [0.25, 0.3) is 0 Å². The summed E-state index contributed by atoms with van der Waals surface area (Å²) in [5.74, 6) is 0.514. The van der Waals surface area contributed by atoms with Crippen LogP contribution in [-0.4, -0.2) is 17.6 Å². The van der Waals surface area contributed by atoms with Crippen LogP contribution in [0.3, 0.4) is 0 Å². The number of thiophene rings is 1. The van der Waals surface area contributed by atoms with Crippen LogP contribution in [0, 0.1) is 0 Å². The molecule has 0 amide bonds.